The molecule has 0 bridgehead atoms. The lowest BCUT2D eigenvalue weighted by Crippen LogP contribution is -2.13. The normalized spacial score (nSPS) is 10.4. The quantitative estimate of drug-likeness (QED) is 0.369. The average molecular weight is 356 g/mol. The molecule has 0 fully saturated rings. The van der Waals surface area contributed by atoms with Crippen molar-refractivity contribution < 1.29 is 24.0 Å². The molecule has 2 aromatic carbocycles. The highest BCUT2D eigenvalue weighted by Crippen LogP contribution is 2.23. The first-order valence-corrected chi connectivity index (χ1v) is 7.45. The fraction of sp³-hybridized carbons (Fsp3) is 0.111. The summed E-state index contributed by atoms with van der Waals surface area (Å²) in [6, 6.07) is 10.5. The number of methoxy groups -OCH3 is 2. The van der Waals surface area contributed by atoms with Crippen LogP contribution in [0.15, 0.2) is 48.5 Å². The van der Waals surface area contributed by atoms with E-state index in [0.29, 0.717) is 5.75 Å². The summed E-state index contributed by atoms with van der Waals surface area (Å²) in [6.45, 7) is 0. The Labute approximate surface area is 149 Å². The number of carbonyl (C=O) groups is 2. The highest BCUT2D eigenvalue weighted by Gasteiger charge is 2.15. The van der Waals surface area contributed by atoms with E-state index in [4.69, 9.17) is 9.47 Å². The Morgan fingerprint density at radius 1 is 1.15 bits per heavy atom. The molecular weight excluding hydrogens is 340 g/mol. The third-order valence-corrected chi connectivity index (χ3v) is 3.44. The molecule has 0 aliphatic heterocycles. The van der Waals surface area contributed by atoms with Gasteiger partial charge in [0.15, 0.2) is 0 Å². The van der Waals surface area contributed by atoms with Gasteiger partial charge in [-0.1, -0.05) is 12.1 Å². The molecule has 0 spiro atoms. The lowest BCUT2D eigenvalue weighted by molar-refractivity contribution is -0.385. The van der Waals surface area contributed by atoms with Gasteiger partial charge in [-0.15, -0.1) is 0 Å². The molecule has 2 aromatic rings. The Bertz CT molecular complexity index is 876. The first kappa shape index (κ1) is 18.7. The van der Waals surface area contributed by atoms with E-state index in [-0.39, 0.29) is 22.5 Å². The van der Waals surface area contributed by atoms with Crippen molar-refractivity contribution in [3.8, 4) is 5.75 Å². The zero-order valence-corrected chi connectivity index (χ0v) is 14.1. The first-order valence-electron chi connectivity index (χ1n) is 7.45. The van der Waals surface area contributed by atoms with E-state index in [2.05, 4.69) is 5.32 Å². The van der Waals surface area contributed by atoms with Gasteiger partial charge in [0, 0.05) is 12.1 Å². The Balaban J connectivity index is 2.23. The van der Waals surface area contributed by atoms with Gasteiger partial charge in [-0.3, -0.25) is 14.9 Å². The monoisotopic (exact) mass is 356 g/mol. The zero-order valence-electron chi connectivity index (χ0n) is 14.1. The minimum atomic E-state index is -0.637. The van der Waals surface area contributed by atoms with Gasteiger partial charge in [-0.05, 0) is 30.3 Å². The molecule has 0 aliphatic carbocycles. The number of rotatable bonds is 6. The van der Waals surface area contributed by atoms with Crippen molar-refractivity contribution in [3.63, 3.8) is 0 Å². The van der Waals surface area contributed by atoms with E-state index < -0.39 is 16.8 Å². The van der Waals surface area contributed by atoms with Gasteiger partial charge in [-0.2, -0.15) is 0 Å². The molecule has 0 atom stereocenters. The van der Waals surface area contributed by atoms with Crippen LogP contribution in [-0.4, -0.2) is 31.0 Å². The number of nitro groups is 1. The van der Waals surface area contributed by atoms with E-state index in [1.165, 1.54) is 50.6 Å². The minimum absolute atomic E-state index is 0.115. The summed E-state index contributed by atoms with van der Waals surface area (Å²) < 4.78 is 9.74. The number of anilines is 1. The predicted octanol–water partition coefficient (Wildman–Crippen LogP) is 3.04. The van der Waals surface area contributed by atoms with E-state index in [0.717, 1.165) is 6.08 Å². The zero-order chi connectivity index (χ0) is 19.1. The second-order valence-electron chi connectivity index (χ2n) is 5.04. The summed E-state index contributed by atoms with van der Waals surface area (Å²) in [5.41, 5.74) is 0.529. The molecule has 0 saturated carbocycles. The number of para-hydroxylation sites is 1. The number of amides is 1. The highest BCUT2D eigenvalue weighted by molar-refractivity contribution is 6.06. The molecule has 0 radical (unpaired) electrons. The molecule has 8 nitrogen and oxygen atoms in total. The molecule has 0 unspecified atom stereocenters. The van der Waals surface area contributed by atoms with Crippen molar-refractivity contribution in [2.75, 3.05) is 19.5 Å². The molecule has 8 heteroatoms. The smallest absolute Gasteiger partial charge is 0.340 e. The molecule has 134 valence electrons. The summed E-state index contributed by atoms with van der Waals surface area (Å²) >= 11 is 0. The summed E-state index contributed by atoms with van der Waals surface area (Å²) in [6.07, 6.45) is 2.47. The fourth-order valence-electron chi connectivity index (χ4n) is 2.17. The van der Waals surface area contributed by atoms with E-state index in [9.17, 15) is 19.7 Å². The van der Waals surface area contributed by atoms with Gasteiger partial charge in [0.1, 0.15) is 5.75 Å². The van der Waals surface area contributed by atoms with Gasteiger partial charge in [-0.25, -0.2) is 4.79 Å². The second kappa shape index (κ2) is 8.43. The van der Waals surface area contributed by atoms with Crippen molar-refractivity contribution in [3.05, 3.63) is 69.8 Å². The lowest BCUT2D eigenvalue weighted by Gasteiger charge is -2.10. The van der Waals surface area contributed by atoms with Crippen molar-refractivity contribution in [2.24, 2.45) is 0 Å². The van der Waals surface area contributed by atoms with Gasteiger partial charge in [0.05, 0.1) is 36.0 Å². The van der Waals surface area contributed by atoms with Crippen LogP contribution in [0.1, 0.15) is 15.9 Å². The minimum Gasteiger partial charge on any atom is -0.497 e. The number of hydrogen-bond acceptors (Lipinski definition) is 6. The maximum Gasteiger partial charge on any atom is 0.340 e. The Hall–Kier alpha value is -3.68. The SMILES string of the molecule is COC(=O)c1cc(OC)ccc1NC(=O)/C=C/c1ccccc1[N+](=O)[O-]. The Morgan fingerprint density at radius 3 is 2.54 bits per heavy atom. The van der Waals surface area contributed by atoms with Crippen molar-refractivity contribution in [1.29, 1.82) is 0 Å². The van der Waals surface area contributed by atoms with E-state index in [1.54, 1.807) is 12.1 Å². The average Bonchev–Trinajstić information content (AvgIpc) is 2.66. The van der Waals surface area contributed by atoms with Crippen LogP contribution >= 0.6 is 0 Å². The van der Waals surface area contributed by atoms with Crippen molar-refractivity contribution >= 4 is 29.3 Å². The molecule has 0 saturated heterocycles. The molecule has 0 aliphatic rings. The van der Waals surface area contributed by atoms with Gasteiger partial charge in [0.25, 0.3) is 5.69 Å². The number of nitrogens with one attached hydrogen (secondary N) is 1. The number of hydrogen-bond donors (Lipinski definition) is 1. The van der Waals surface area contributed by atoms with Crippen LogP contribution in [0, 0.1) is 10.1 Å². The largest absolute Gasteiger partial charge is 0.497 e. The van der Waals surface area contributed by atoms with Crippen LogP contribution in [0.2, 0.25) is 0 Å². The summed E-state index contributed by atoms with van der Waals surface area (Å²) in [5.74, 6) is -0.765. The maximum absolute atomic E-state index is 12.1. The highest BCUT2D eigenvalue weighted by atomic mass is 16.6. The standard InChI is InChI=1S/C18H16N2O6/c1-25-13-8-9-15(14(11-13)18(22)26-2)19-17(21)10-7-12-5-3-4-6-16(12)20(23)24/h3-11H,1-2H3,(H,19,21)/b10-7+. The lowest BCUT2D eigenvalue weighted by atomic mass is 10.1. The van der Waals surface area contributed by atoms with Crippen LogP contribution in [0.4, 0.5) is 11.4 Å². The fourth-order valence-corrected chi connectivity index (χ4v) is 2.17. The Kier molecular flexibility index (Phi) is 6.05. The first-order chi connectivity index (χ1) is 12.5. The maximum atomic E-state index is 12.1. The molecule has 26 heavy (non-hydrogen) atoms. The number of ether oxygens (including phenoxy) is 2. The number of nitro benzene ring substituents is 1. The predicted molar refractivity (Wildman–Crippen MR) is 95.1 cm³/mol. The van der Waals surface area contributed by atoms with Crippen LogP contribution in [-0.2, 0) is 9.53 Å². The van der Waals surface area contributed by atoms with E-state index >= 15 is 0 Å². The van der Waals surface area contributed by atoms with E-state index in [1.807, 2.05) is 0 Å². The van der Waals surface area contributed by atoms with Crippen LogP contribution in [0.3, 0.4) is 0 Å². The summed E-state index contributed by atoms with van der Waals surface area (Å²) in [5, 5.41) is 13.5. The van der Waals surface area contributed by atoms with Crippen LogP contribution in [0.25, 0.3) is 6.08 Å². The summed E-state index contributed by atoms with van der Waals surface area (Å²) in [7, 11) is 2.67. The van der Waals surface area contributed by atoms with Crippen molar-refractivity contribution in [2.45, 2.75) is 0 Å². The number of nitrogens with zero attached hydrogens (tertiary/aromatic N) is 1. The second-order valence-corrected chi connectivity index (χ2v) is 5.04. The third-order valence-electron chi connectivity index (χ3n) is 3.44. The number of esters is 1. The Morgan fingerprint density at radius 2 is 1.88 bits per heavy atom. The molecule has 1 N–H and O–H groups in total. The molecular formula is C18H16N2O6. The van der Waals surface area contributed by atoms with Gasteiger partial charge in [0.2, 0.25) is 5.91 Å². The van der Waals surface area contributed by atoms with Crippen LogP contribution in [0.5, 0.6) is 5.75 Å². The number of benzene rings is 2. The van der Waals surface area contributed by atoms with Gasteiger partial charge < -0.3 is 14.8 Å². The molecule has 0 heterocycles. The van der Waals surface area contributed by atoms with Crippen molar-refractivity contribution in [1.82, 2.24) is 0 Å². The topological polar surface area (TPSA) is 108 Å². The third kappa shape index (κ3) is 4.44. The van der Waals surface area contributed by atoms with Crippen LogP contribution < -0.4 is 10.1 Å². The van der Waals surface area contributed by atoms with Gasteiger partial charge >= 0.3 is 5.97 Å². The number of carbonyl (C=O) groups excluding carboxylic acids is 2. The molecule has 1 amide bonds. The molecule has 2 rings (SSSR count). The molecule has 0 aromatic heterocycles. The summed E-state index contributed by atoms with van der Waals surface area (Å²) in [4.78, 5) is 34.4.